The lowest BCUT2D eigenvalue weighted by atomic mass is 10.2. The van der Waals surface area contributed by atoms with Crippen molar-refractivity contribution in [1.29, 1.82) is 0 Å². The summed E-state index contributed by atoms with van der Waals surface area (Å²) in [5, 5.41) is 9.63. The normalized spacial score (nSPS) is 20.6. The summed E-state index contributed by atoms with van der Waals surface area (Å²) in [6.45, 7) is 5.80. The monoisotopic (exact) mass is 251 g/mol. The number of carbonyl (C=O) groups is 1. The molecule has 0 spiro atoms. The molecule has 6 nitrogen and oxygen atoms in total. The molecule has 0 radical (unpaired) electrons. The number of hydrogen-bond donors (Lipinski definition) is 2. The number of aromatic nitrogens is 3. The fraction of sp³-hybridized carbons (Fsp3) is 0.750. The molecule has 0 bridgehead atoms. The van der Waals surface area contributed by atoms with E-state index in [0.717, 1.165) is 18.8 Å². The smallest absolute Gasteiger partial charge is 0.291 e. The van der Waals surface area contributed by atoms with E-state index in [9.17, 15) is 4.79 Å². The van der Waals surface area contributed by atoms with Crippen molar-refractivity contribution in [2.75, 3.05) is 20.1 Å². The molecule has 1 atom stereocenters. The summed E-state index contributed by atoms with van der Waals surface area (Å²) in [5.74, 6) is 1.04. The Bertz CT molecular complexity index is 414. The van der Waals surface area contributed by atoms with Crippen LogP contribution in [0.4, 0.5) is 0 Å². The zero-order valence-electron chi connectivity index (χ0n) is 11.2. The van der Waals surface area contributed by atoms with Crippen molar-refractivity contribution in [3.05, 3.63) is 11.6 Å². The number of nitrogens with one attached hydrogen (secondary N) is 2. The second kappa shape index (κ2) is 5.48. The quantitative estimate of drug-likeness (QED) is 0.828. The minimum absolute atomic E-state index is 0.196. The van der Waals surface area contributed by atoms with Gasteiger partial charge in [-0.1, -0.05) is 13.8 Å². The van der Waals surface area contributed by atoms with Gasteiger partial charge in [-0.15, -0.1) is 5.10 Å². The maximum absolute atomic E-state index is 11.9. The SMILES string of the molecule is CC(C)c1nc(C(=O)NCC2CCCN2C)n[nH]1. The molecule has 18 heavy (non-hydrogen) atoms. The molecular formula is C12H21N5O. The average Bonchev–Trinajstić information content (AvgIpc) is 2.94. The molecular weight excluding hydrogens is 230 g/mol. The molecule has 1 saturated heterocycles. The molecule has 0 aliphatic carbocycles. The van der Waals surface area contributed by atoms with Crippen molar-refractivity contribution in [2.24, 2.45) is 0 Å². The van der Waals surface area contributed by atoms with Crippen molar-refractivity contribution in [1.82, 2.24) is 25.4 Å². The van der Waals surface area contributed by atoms with Crippen molar-refractivity contribution in [2.45, 2.75) is 38.6 Å². The second-order valence-electron chi connectivity index (χ2n) is 5.19. The highest BCUT2D eigenvalue weighted by molar-refractivity contribution is 5.90. The van der Waals surface area contributed by atoms with Gasteiger partial charge >= 0.3 is 0 Å². The van der Waals surface area contributed by atoms with E-state index >= 15 is 0 Å². The van der Waals surface area contributed by atoms with Gasteiger partial charge in [0.05, 0.1) is 0 Å². The van der Waals surface area contributed by atoms with Crippen LogP contribution in [0.5, 0.6) is 0 Å². The highest BCUT2D eigenvalue weighted by atomic mass is 16.2. The molecule has 0 aromatic carbocycles. The minimum atomic E-state index is -0.196. The lowest BCUT2D eigenvalue weighted by Crippen LogP contribution is -2.38. The van der Waals surface area contributed by atoms with Crippen LogP contribution in [0.3, 0.4) is 0 Å². The van der Waals surface area contributed by atoms with Gasteiger partial charge in [0.15, 0.2) is 0 Å². The van der Waals surface area contributed by atoms with Gasteiger partial charge in [-0.3, -0.25) is 9.89 Å². The van der Waals surface area contributed by atoms with Gasteiger partial charge in [-0.05, 0) is 26.4 Å². The van der Waals surface area contributed by atoms with Crippen LogP contribution in [0.15, 0.2) is 0 Å². The topological polar surface area (TPSA) is 73.9 Å². The van der Waals surface area contributed by atoms with Crippen molar-refractivity contribution in [3.8, 4) is 0 Å². The Hall–Kier alpha value is -1.43. The van der Waals surface area contributed by atoms with Gasteiger partial charge in [0.25, 0.3) is 5.91 Å². The van der Waals surface area contributed by atoms with Crippen molar-refractivity contribution in [3.63, 3.8) is 0 Å². The third-order valence-corrected chi connectivity index (χ3v) is 3.42. The zero-order valence-corrected chi connectivity index (χ0v) is 11.2. The van der Waals surface area contributed by atoms with Gasteiger partial charge < -0.3 is 10.2 Å². The number of H-pyrrole nitrogens is 1. The number of nitrogens with zero attached hydrogens (tertiary/aromatic N) is 3. The summed E-state index contributed by atoms with van der Waals surface area (Å²) in [5.41, 5.74) is 0. The number of amides is 1. The summed E-state index contributed by atoms with van der Waals surface area (Å²) < 4.78 is 0. The first-order valence-electron chi connectivity index (χ1n) is 6.48. The Morgan fingerprint density at radius 2 is 2.39 bits per heavy atom. The van der Waals surface area contributed by atoms with Crippen LogP contribution < -0.4 is 5.32 Å². The van der Waals surface area contributed by atoms with E-state index in [1.54, 1.807) is 0 Å². The molecule has 1 unspecified atom stereocenters. The van der Waals surface area contributed by atoms with Crippen LogP contribution in [-0.4, -0.2) is 52.2 Å². The second-order valence-corrected chi connectivity index (χ2v) is 5.19. The van der Waals surface area contributed by atoms with Gasteiger partial charge in [-0.2, -0.15) is 0 Å². The Morgan fingerprint density at radius 1 is 1.61 bits per heavy atom. The zero-order chi connectivity index (χ0) is 13.1. The maximum Gasteiger partial charge on any atom is 0.291 e. The van der Waals surface area contributed by atoms with E-state index in [1.807, 2.05) is 13.8 Å². The fourth-order valence-electron chi connectivity index (χ4n) is 2.16. The standard InChI is InChI=1S/C12H21N5O/c1-8(2)10-14-11(16-15-10)12(18)13-7-9-5-4-6-17(9)3/h8-9H,4-7H2,1-3H3,(H,13,18)(H,14,15,16). The minimum Gasteiger partial charge on any atom is -0.348 e. The predicted octanol–water partition coefficient (Wildman–Crippen LogP) is 0.752. The number of aromatic amines is 1. The van der Waals surface area contributed by atoms with Crippen LogP contribution in [0.25, 0.3) is 0 Å². The first-order chi connectivity index (χ1) is 8.58. The molecule has 1 aromatic rings. The molecule has 0 saturated carbocycles. The molecule has 6 heteroatoms. The third kappa shape index (κ3) is 2.87. The first-order valence-corrected chi connectivity index (χ1v) is 6.48. The number of hydrogen-bond acceptors (Lipinski definition) is 4. The van der Waals surface area contributed by atoms with Crippen LogP contribution >= 0.6 is 0 Å². The summed E-state index contributed by atoms with van der Waals surface area (Å²) in [6, 6.07) is 0.442. The predicted molar refractivity (Wildman–Crippen MR) is 68.5 cm³/mol. The summed E-state index contributed by atoms with van der Waals surface area (Å²) >= 11 is 0. The van der Waals surface area contributed by atoms with Gasteiger partial charge in [0.1, 0.15) is 5.82 Å². The Labute approximate surface area is 107 Å². The van der Waals surface area contributed by atoms with Crippen LogP contribution in [0, 0.1) is 0 Å². The Kier molecular flexibility index (Phi) is 3.96. The number of likely N-dealkylation sites (tertiary alicyclic amines) is 1. The molecule has 1 amide bonds. The van der Waals surface area contributed by atoms with Crippen molar-refractivity contribution >= 4 is 5.91 Å². The molecule has 1 fully saturated rings. The number of carbonyl (C=O) groups excluding carboxylic acids is 1. The van der Waals surface area contributed by atoms with E-state index in [4.69, 9.17) is 0 Å². The first kappa shape index (κ1) is 13.0. The maximum atomic E-state index is 11.9. The van der Waals surface area contributed by atoms with E-state index in [2.05, 4.69) is 32.4 Å². The molecule has 2 rings (SSSR count). The molecule has 1 aromatic heterocycles. The van der Waals surface area contributed by atoms with Crippen molar-refractivity contribution < 1.29 is 4.79 Å². The van der Waals surface area contributed by atoms with Gasteiger partial charge in [-0.25, -0.2) is 4.98 Å². The molecule has 1 aliphatic heterocycles. The van der Waals surface area contributed by atoms with E-state index in [1.165, 1.54) is 6.42 Å². The van der Waals surface area contributed by atoms with Gasteiger partial charge in [0, 0.05) is 18.5 Å². The molecule has 2 heterocycles. The number of likely N-dealkylation sites (N-methyl/N-ethyl adjacent to an activating group) is 1. The van der Waals surface area contributed by atoms with E-state index in [-0.39, 0.29) is 17.6 Å². The molecule has 1 aliphatic rings. The third-order valence-electron chi connectivity index (χ3n) is 3.42. The fourth-order valence-corrected chi connectivity index (χ4v) is 2.16. The number of rotatable bonds is 4. The molecule has 100 valence electrons. The Morgan fingerprint density at radius 3 is 2.94 bits per heavy atom. The lowest BCUT2D eigenvalue weighted by Gasteiger charge is -2.19. The van der Waals surface area contributed by atoms with Crippen LogP contribution in [-0.2, 0) is 0 Å². The Balaban J connectivity index is 1.87. The highest BCUT2D eigenvalue weighted by Crippen LogP contribution is 2.13. The molecule has 2 N–H and O–H groups in total. The largest absolute Gasteiger partial charge is 0.348 e. The van der Waals surface area contributed by atoms with E-state index in [0.29, 0.717) is 12.6 Å². The van der Waals surface area contributed by atoms with Gasteiger partial charge in [0.2, 0.25) is 5.82 Å². The summed E-state index contributed by atoms with van der Waals surface area (Å²) in [7, 11) is 2.09. The van der Waals surface area contributed by atoms with E-state index < -0.39 is 0 Å². The lowest BCUT2D eigenvalue weighted by molar-refractivity contribution is 0.0933. The average molecular weight is 251 g/mol. The summed E-state index contributed by atoms with van der Waals surface area (Å²) in [6.07, 6.45) is 2.34. The summed E-state index contributed by atoms with van der Waals surface area (Å²) in [4.78, 5) is 18.3. The highest BCUT2D eigenvalue weighted by Gasteiger charge is 2.22. The van der Waals surface area contributed by atoms with Crippen LogP contribution in [0.2, 0.25) is 0 Å². The van der Waals surface area contributed by atoms with Crippen LogP contribution in [0.1, 0.15) is 49.1 Å².